The molecule has 2 heterocycles. The van der Waals surface area contributed by atoms with Gasteiger partial charge in [-0.1, -0.05) is 44.5 Å². The molecule has 2 aromatic heterocycles. The lowest BCUT2D eigenvalue weighted by molar-refractivity contribution is 0.359. The summed E-state index contributed by atoms with van der Waals surface area (Å²) in [4.78, 5) is 20.9. The number of aromatic nitrogens is 2. The van der Waals surface area contributed by atoms with Crippen LogP contribution in [0, 0.1) is 39.9 Å². The van der Waals surface area contributed by atoms with Crippen LogP contribution in [0.2, 0.25) is 0 Å². The molecule has 3 aromatic rings. The van der Waals surface area contributed by atoms with Gasteiger partial charge in [-0.3, -0.25) is 4.79 Å². The van der Waals surface area contributed by atoms with E-state index in [1.165, 1.54) is 0 Å². The fourth-order valence-electron chi connectivity index (χ4n) is 3.24. The summed E-state index contributed by atoms with van der Waals surface area (Å²) in [5.41, 5.74) is 1.76. The SMILES string of the molecule is CC(Nc1nc2c(C#CC(C)(C)C)c[nH]c(=O)c2c2cc(C#CC(C)(C)C)ccc12)C(C)(C)C. The van der Waals surface area contributed by atoms with E-state index in [4.69, 9.17) is 4.98 Å². The Bertz CT molecular complexity index is 1420. The molecule has 0 aliphatic carbocycles. The Labute approximate surface area is 204 Å². The van der Waals surface area contributed by atoms with Gasteiger partial charge >= 0.3 is 0 Å². The second-order valence-corrected chi connectivity index (χ2v) is 12.2. The Hall–Kier alpha value is -3.24. The van der Waals surface area contributed by atoms with Gasteiger partial charge in [0.2, 0.25) is 0 Å². The lowest BCUT2D eigenvalue weighted by Crippen LogP contribution is -2.31. The Kier molecular flexibility index (Phi) is 6.60. The van der Waals surface area contributed by atoms with Gasteiger partial charge in [-0.2, -0.15) is 0 Å². The minimum atomic E-state index is -0.176. The third kappa shape index (κ3) is 6.00. The average Bonchev–Trinajstić information content (AvgIpc) is 2.69. The summed E-state index contributed by atoms with van der Waals surface area (Å²) < 4.78 is 0. The summed E-state index contributed by atoms with van der Waals surface area (Å²) >= 11 is 0. The van der Waals surface area contributed by atoms with Gasteiger partial charge in [-0.15, -0.1) is 0 Å². The van der Waals surface area contributed by atoms with E-state index in [1.54, 1.807) is 6.20 Å². The molecule has 1 atom stereocenters. The van der Waals surface area contributed by atoms with Gasteiger partial charge in [0, 0.05) is 39.4 Å². The third-order valence-corrected chi connectivity index (χ3v) is 5.64. The van der Waals surface area contributed by atoms with Crippen molar-refractivity contribution in [1.82, 2.24) is 9.97 Å². The van der Waals surface area contributed by atoms with Crippen LogP contribution in [0.1, 0.15) is 80.4 Å². The molecular weight excluding hydrogens is 418 g/mol. The maximum Gasteiger partial charge on any atom is 0.258 e. The highest BCUT2D eigenvalue weighted by Crippen LogP contribution is 2.32. The van der Waals surface area contributed by atoms with Gasteiger partial charge in [0.05, 0.1) is 16.5 Å². The molecule has 1 unspecified atom stereocenters. The predicted molar refractivity (Wildman–Crippen MR) is 145 cm³/mol. The first kappa shape index (κ1) is 25.4. The number of fused-ring (bicyclic) bond motifs is 3. The molecule has 178 valence electrons. The highest BCUT2D eigenvalue weighted by atomic mass is 16.1. The van der Waals surface area contributed by atoms with Crippen molar-refractivity contribution in [3.05, 3.63) is 45.9 Å². The monoisotopic (exact) mass is 455 g/mol. The number of pyridine rings is 2. The third-order valence-electron chi connectivity index (χ3n) is 5.64. The van der Waals surface area contributed by atoms with Crippen LogP contribution in [0.25, 0.3) is 21.7 Å². The zero-order valence-electron chi connectivity index (χ0n) is 22.2. The standard InChI is InChI=1S/C30H37N3O/c1-19(30(8,9)10)32-26-22-12-11-20(13-15-28(2,3)4)17-23(22)24-25(33-26)21(18-31-27(24)34)14-16-29(5,6)7/h11-12,17-19H,1-10H3,(H,31,34)(H,32,33). The Morgan fingerprint density at radius 2 is 1.53 bits per heavy atom. The smallest absolute Gasteiger partial charge is 0.258 e. The molecule has 0 spiro atoms. The van der Waals surface area contributed by atoms with Crippen molar-refractivity contribution >= 4 is 27.5 Å². The molecule has 0 amide bonds. The number of nitrogens with one attached hydrogen (secondary N) is 2. The van der Waals surface area contributed by atoms with E-state index in [1.807, 2.05) is 18.2 Å². The number of anilines is 1. The van der Waals surface area contributed by atoms with Crippen LogP contribution in [0.3, 0.4) is 0 Å². The molecule has 0 bridgehead atoms. The predicted octanol–water partition coefficient (Wildman–Crippen LogP) is 6.72. The Balaban J connectivity index is 2.40. The second-order valence-electron chi connectivity index (χ2n) is 12.2. The minimum absolute atomic E-state index is 0.0319. The van der Waals surface area contributed by atoms with Crippen LogP contribution in [-0.2, 0) is 0 Å². The second kappa shape index (κ2) is 8.84. The maximum atomic E-state index is 13.1. The van der Waals surface area contributed by atoms with Crippen LogP contribution in [0.4, 0.5) is 5.82 Å². The molecule has 34 heavy (non-hydrogen) atoms. The van der Waals surface area contributed by atoms with E-state index >= 15 is 0 Å². The number of nitrogens with zero attached hydrogens (tertiary/aromatic N) is 1. The van der Waals surface area contributed by atoms with Crippen molar-refractivity contribution < 1.29 is 0 Å². The first-order chi connectivity index (χ1) is 15.5. The zero-order valence-corrected chi connectivity index (χ0v) is 22.2. The first-order valence-electron chi connectivity index (χ1n) is 11.9. The average molecular weight is 456 g/mol. The van der Waals surface area contributed by atoms with E-state index < -0.39 is 0 Å². The van der Waals surface area contributed by atoms with Crippen LogP contribution in [0.5, 0.6) is 0 Å². The highest BCUT2D eigenvalue weighted by molar-refractivity contribution is 6.11. The molecule has 0 fully saturated rings. The number of rotatable bonds is 2. The molecule has 0 aliphatic heterocycles. The van der Waals surface area contributed by atoms with Crippen LogP contribution < -0.4 is 10.9 Å². The number of benzene rings is 1. The van der Waals surface area contributed by atoms with Crippen molar-refractivity contribution in [2.75, 3.05) is 5.32 Å². The lowest BCUT2D eigenvalue weighted by atomic mass is 9.88. The Morgan fingerprint density at radius 3 is 2.12 bits per heavy atom. The van der Waals surface area contributed by atoms with E-state index in [0.29, 0.717) is 16.5 Å². The fraction of sp³-hybridized carbons (Fsp3) is 0.467. The van der Waals surface area contributed by atoms with Gasteiger partial charge in [-0.05, 0) is 72.1 Å². The van der Waals surface area contributed by atoms with Gasteiger partial charge < -0.3 is 10.3 Å². The molecule has 3 rings (SSSR count). The summed E-state index contributed by atoms with van der Waals surface area (Å²) in [5.74, 6) is 13.8. The van der Waals surface area contributed by atoms with E-state index in [9.17, 15) is 4.79 Å². The highest BCUT2D eigenvalue weighted by Gasteiger charge is 2.22. The summed E-state index contributed by atoms with van der Waals surface area (Å²) in [6.07, 6.45) is 1.67. The van der Waals surface area contributed by atoms with Crippen molar-refractivity contribution in [1.29, 1.82) is 0 Å². The quantitative estimate of drug-likeness (QED) is 0.333. The molecule has 1 aromatic carbocycles. The number of hydrogen-bond donors (Lipinski definition) is 2. The van der Waals surface area contributed by atoms with Crippen molar-refractivity contribution in [2.24, 2.45) is 16.2 Å². The molecule has 0 saturated heterocycles. The first-order valence-corrected chi connectivity index (χ1v) is 11.9. The fourth-order valence-corrected chi connectivity index (χ4v) is 3.24. The molecule has 0 saturated carbocycles. The molecule has 2 N–H and O–H groups in total. The lowest BCUT2D eigenvalue weighted by Gasteiger charge is -2.29. The van der Waals surface area contributed by atoms with E-state index in [-0.39, 0.29) is 27.8 Å². The van der Waals surface area contributed by atoms with Crippen molar-refractivity contribution in [3.63, 3.8) is 0 Å². The van der Waals surface area contributed by atoms with Gasteiger partial charge in [0.15, 0.2) is 0 Å². The summed E-state index contributed by atoms with van der Waals surface area (Å²) in [5, 5.41) is 5.88. The summed E-state index contributed by atoms with van der Waals surface area (Å²) in [7, 11) is 0. The molecule has 4 nitrogen and oxygen atoms in total. The van der Waals surface area contributed by atoms with Gasteiger partial charge in [-0.25, -0.2) is 4.98 Å². The van der Waals surface area contributed by atoms with Gasteiger partial charge in [0.25, 0.3) is 5.56 Å². The van der Waals surface area contributed by atoms with E-state index in [2.05, 4.69) is 103 Å². The largest absolute Gasteiger partial charge is 0.367 e. The van der Waals surface area contributed by atoms with Crippen LogP contribution >= 0.6 is 0 Å². The normalized spacial score (nSPS) is 13.1. The molecular formula is C30H37N3O. The maximum absolute atomic E-state index is 13.1. The number of hydrogen-bond acceptors (Lipinski definition) is 3. The minimum Gasteiger partial charge on any atom is -0.367 e. The number of aromatic amines is 1. The topological polar surface area (TPSA) is 57.8 Å². The van der Waals surface area contributed by atoms with Crippen molar-refractivity contribution in [3.8, 4) is 23.7 Å². The number of H-pyrrole nitrogens is 1. The van der Waals surface area contributed by atoms with E-state index in [0.717, 1.165) is 22.2 Å². The van der Waals surface area contributed by atoms with Crippen molar-refractivity contribution in [2.45, 2.75) is 75.3 Å². The van der Waals surface area contributed by atoms with Gasteiger partial charge in [0.1, 0.15) is 5.82 Å². The molecule has 4 heteroatoms. The summed E-state index contributed by atoms with van der Waals surface area (Å²) in [6.45, 7) is 21.2. The summed E-state index contributed by atoms with van der Waals surface area (Å²) in [6, 6.07) is 6.17. The van der Waals surface area contributed by atoms with Crippen LogP contribution in [0.15, 0.2) is 29.2 Å². The Morgan fingerprint density at radius 1 is 0.912 bits per heavy atom. The molecule has 0 radical (unpaired) electrons. The zero-order chi connectivity index (χ0) is 25.5. The molecule has 0 aliphatic rings. The van der Waals surface area contributed by atoms with Crippen LogP contribution in [-0.4, -0.2) is 16.0 Å².